The Bertz CT molecular complexity index is 328. The quantitative estimate of drug-likeness (QED) is 0.853. The molecular formula is C14H21NO2. The highest BCUT2D eigenvalue weighted by Crippen LogP contribution is 2.28. The zero-order chi connectivity index (χ0) is 12.1. The van der Waals surface area contributed by atoms with Crippen LogP contribution in [0.15, 0.2) is 30.3 Å². The van der Waals surface area contributed by atoms with Gasteiger partial charge >= 0.3 is 0 Å². The van der Waals surface area contributed by atoms with Crippen LogP contribution < -0.4 is 5.73 Å². The molecule has 0 saturated carbocycles. The van der Waals surface area contributed by atoms with Gasteiger partial charge in [0.25, 0.3) is 0 Å². The summed E-state index contributed by atoms with van der Waals surface area (Å²) >= 11 is 0. The first kappa shape index (κ1) is 12.6. The highest BCUT2D eigenvalue weighted by molar-refractivity contribution is 5.18. The highest BCUT2D eigenvalue weighted by atomic mass is 16.7. The number of ether oxygens (including phenoxy) is 2. The van der Waals surface area contributed by atoms with Crippen molar-refractivity contribution in [1.29, 1.82) is 0 Å². The molecule has 17 heavy (non-hydrogen) atoms. The predicted octanol–water partition coefficient (Wildman–Crippen LogP) is 2.62. The maximum atomic E-state index is 6.06. The van der Waals surface area contributed by atoms with Crippen LogP contribution in [0, 0.1) is 0 Å². The van der Waals surface area contributed by atoms with E-state index in [-0.39, 0.29) is 18.4 Å². The number of rotatable bonds is 5. The van der Waals surface area contributed by atoms with Crippen LogP contribution in [0.4, 0.5) is 0 Å². The van der Waals surface area contributed by atoms with Gasteiger partial charge in [0.2, 0.25) is 0 Å². The molecule has 0 bridgehead atoms. The van der Waals surface area contributed by atoms with Crippen molar-refractivity contribution in [3.05, 3.63) is 35.9 Å². The summed E-state index contributed by atoms with van der Waals surface area (Å²) < 4.78 is 11.5. The van der Waals surface area contributed by atoms with E-state index in [0.717, 1.165) is 24.8 Å². The molecule has 3 unspecified atom stereocenters. The Hall–Kier alpha value is -0.900. The van der Waals surface area contributed by atoms with Gasteiger partial charge in [0.15, 0.2) is 6.29 Å². The van der Waals surface area contributed by atoms with Gasteiger partial charge in [-0.2, -0.15) is 0 Å². The molecule has 94 valence electrons. The van der Waals surface area contributed by atoms with Gasteiger partial charge in [0.05, 0.1) is 12.6 Å². The second kappa shape index (κ2) is 6.15. The van der Waals surface area contributed by atoms with Gasteiger partial charge in [0, 0.05) is 0 Å². The zero-order valence-electron chi connectivity index (χ0n) is 10.3. The predicted molar refractivity (Wildman–Crippen MR) is 67.5 cm³/mol. The Balaban J connectivity index is 1.87. The first-order valence-electron chi connectivity index (χ1n) is 6.39. The third-order valence-electron chi connectivity index (χ3n) is 3.12. The Morgan fingerprint density at radius 1 is 1.35 bits per heavy atom. The van der Waals surface area contributed by atoms with Gasteiger partial charge in [-0.25, -0.2) is 0 Å². The van der Waals surface area contributed by atoms with Gasteiger partial charge in [0.1, 0.15) is 6.10 Å². The van der Waals surface area contributed by atoms with E-state index >= 15 is 0 Å². The molecule has 3 heteroatoms. The number of unbranched alkanes of at least 4 members (excludes halogenated alkanes) is 1. The van der Waals surface area contributed by atoms with Crippen molar-refractivity contribution in [3.8, 4) is 0 Å². The minimum atomic E-state index is -0.244. The fourth-order valence-electron chi connectivity index (χ4n) is 2.07. The summed E-state index contributed by atoms with van der Waals surface area (Å²) in [6, 6.07) is 10.2. The van der Waals surface area contributed by atoms with E-state index in [1.54, 1.807) is 0 Å². The van der Waals surface area contributed by atoms with Gasteiger partial charge in [-0.3, -0.25) is 0 Å². The standard InChI is InChI=1S/C14H21NO2/c1-2-3-9-12(15)14-16-10-13(17-14)11-7-5-4-6-8-11/h4-8,12-14H,2-3,9-10,15H2,1H3. The zero-order valence-corrected chi connectivity index (χ0v) is 10.3. The van der Waals surface area contributed by atoms with Gasteiger partial charge in [-0.15, -0.1) is 0 Å². The highest BCUT2D eigenvalue weighted by Gasteiger charge is 2.31. The summed E-state index contributed by atoms with van der Waals surface area (Å²) in [4.78, 5) is 0. The maximum absolute atomic E-state index is 6.06. The number of hydrogen-bond acceptors (Lipinski definition) is 3. The lowest BCUT2D eigenvalue weighted by Crippen LogP contribution is -2.35. The number of hydrogen-bond donors (Lipinski definition) is 1. The molecule has 3 nitrogen and oxygen atoms in total. The minimum Gasteiger partial charge on any atom is -0.348 e. The molecule has 1 fully saturated rings. The molecule has 1 saturated heterocycles. The topological polar surface area (TPSA) is 44.5 Å². The Kier molecular flexibility index (Phi) is 4.54. The van der Waals surface area contributed by atoms with Gasteiger partial charge in [-0.05, 0) is 12.0 Å². The lowest BCUT2D eigenvalue weighted by atomic mass is 10.1. The van der Waals surface area contributed by atoms with E-state index in [1.165, 1.54) is 0 Å². The number of benzene rings is 1. The third kappa shape index (κ3) is 3.28. The smallest absolute Gasteiger partial charge is 0.173 e. The SMILES string of the molecule is CCCCC(N)C1OCC(c2ccccc2)O1. The lowest BCUT2D eigenvalue weighted by Gasteiger charge is -2.18. The maximum Gasteiger partial charge on any atom is 0.173 e. The van der Waals surface area contributed by atoms with Crippen LogP contribution in [-0.2, 0) is 9.47 Å². The Morgan fingerprint density at radius 3 is 2.82 bits per heavy atom. The van der Waals surface area contributed by atoms with Crippen molar-refractivity contribution in [3.63, 3.8) is 0 Å². The first-order chi connectivity index (χ1) is 8.31. The van der Waals surface area contributed by atoms with Crippen LogP contribution in [0.2, 0.25) is 0 Å². The average molecular weight is 235 g/mol. The Morgan fingerprint density at radius 2 is 2.12 bits per heavy atom. The Labute approximate surface area is 103 Å². The van der Waals surface area contributed by atoms with Crippen molar-refractivity contribution in [1.82, 2.24) is 0 Å². The molecular weight excluding hydrogens is 214 g/mol. The fourth-order valence-corrected chi connectivity index (χ4v) is 2.07. The molecule has 3 atom stereocenters. The van der Waals surface area contributed by atoms with Crippen LogP contribution in [-0.4, -0.2) is 18.9 Å². The third-order valence-corrected chi connectivity index (χ3v) is 3.12. The van der Waals surface area contributed by atoms with E-state index in [2.05, 4.69) is 19.1 Å². The largest absolute Gasteiger partial charge is 0.348 e. The minimum absolute atomic E-state index is 0.0105. The lowest BCUT2D eigenvalue weighted by molar-refractivity contribution is -0.0755. The molecule has 1 aromatic carbocycles. The molecule has 2 N–H and O–H groups in total. The normalized spacial score (nSPS) is 26.0. The fraction of sp³-hybridized carbons (Fsp3) is 0.571. The molecule has 1 aliphatic rings. The number of nitrogens with two attached hydrogens (primary N) is 1. The van der Waals surface area contributed by atoms with E-state index in [0.29, 0.717) is 6.61 Å². The van der Waals surface area contributed by atoms with Crippen LogP contribution in [0.5, 0.6) is 0 Å². The van der Waals surface area contributed by atoms with E-state index < -0.39 is 0 Å². The molecule has 1 aromatic rings. The summed E-state index contributed by atoms with van der Waals surface area (Å²) in [5.74, 6) is 0. The summed E-state index contributed by atoms with van der Waals surface area (Å²) in [6.45, 7) is 2.77. The van der Waals surface area contributed by atoms with E-state index in [1.807, 2.05) is 18.2 Å². The van der Waals surface area contributed by atoms with Crippen molar-refractivity contribution in [2.24, 2.45) is 5.73 Å². The summed E-state index contributed by atoms with van der Waals surface area (Å²) in [5, 5.41) is 0. The summed E-state index contributed by atoms with van der Waals surface area (Å²) in [5.41, 5.74) is 7.22. The van der Waals surface area contributed by atoms with Crippen LogP contribution in [0.1, 0.15) is 37.9 Å². The molecule has 1 aliphatic heterocycles. The first-order valence-corrected chi connectivity index (χ1v) is 6.39. The average Bonchev–Trinajstić information content (AvgIpc) is 2.86. The van der Waals surface area contributed by atoms with E-state index in [4.69, 9.17) is 15.2 Å². The summed E-state index contributed by atoms with van der Waals surface area (Å²) in [6.07, 6.45) is 3.03. The molecule has 0 radical (unpaired) electrons. The van der Waals surface area contributed by atoms with Crippen molar-refractivity contribution >= 4 is 0 Å². The molecule has 0 spiro atoms. The van der Waals surface area contributed by atoms with Crippen LogP contribution in [0.25, 0.3) is 0 Å². The van der Waals surface area contributed by atoms with Crippen LogP contribution in [0.3, 0.4) is 0 Å². The summed E-state index contributed by atoms with van der Waals surface area (Å²) in [7, 11) is 0. The van der Waals surface area contributed by atoms with Gasteiger partial charge in [-0.1, -0.05) is 50.1 Å². The van der Waals surface area contributed by atoms with Crippen molar-refractivity contribution in [2.75, 3.05) is 6.61 Å². The molecule has 0 amide bonds. The van der Waals surface area contributed by atoms with Gasteiger partial charge < -0.3 is 15.2 Å². The second-order valence-corrected chi connectivity index (χ2v) is 4.54. The van der Waals surface area contributed by atoms with Crippen molar-refractivity contribution in [2.45, 2.75) is 44.6 Å². The second-order valence-electron chi connectivity index (χ2n) is 4.54. The molecule has 0 aromatic heterocycles. The molecule has 0 aliphatic carbocycles. The molecule has 2 rings (SSSR count). The molecule has 1 heterocycles. The van der Waals surface area contributed by atoms with Crippen molar-refractivity contribution < 1.29 is 9.47 Å². The monoisotopic (exact) mass is 235 g/mol. The van der Waals surface area contributed by atoms with E-state index in [9.17, 15) is 0 Å². The van der Waals surface area contributed by atoms with Crippen LogP contribution >= 0.6 is 0 Å².